The maximum absolute atomic E-state index is 13.1. The van der Waals surface area contributed by atoms with Crippen LogP contribution in [-0.2, 0) is 13.1 Å². The van der Waals surface area contributed by atoms with Gasteiger partial charge in [-0.05, 0) is 42.3 Å². The highest BCUT2D eigenvalue weighted by atomic mass is 35.5. The average Bonchev–Trinajstić information content (AvgIpc) is 3.29. The number of pyridine rings is 2. The van der Waals surface area contributed by atoms with E-state index in [1.54, 1.807) is 30.6 Å². The largest absolute Gasteiger partial charge is 0.378 e. The second kappa shape index (κ2) is 11.7. The van der Waals surface area contributed by atoms with Crippen molar-refractivity contribution in [1.29, 1.82) is 0 Å². The number of anilines is 2. The Kier molecular flexibility index (Phi) is 8.22. The fourth-order valence-corrected chi connectivity index (χ4v) is 4.24. The number of hydrogen-bond donors (Lipinski definition) is 3. The summed E-state index contributed by atoms with van der Waals surface area (Å²) in [5.74, 6) is 0.0362. The van der Waals surface area contributed by atoms with E-state index < -0.39 is 4.92 Å². The first-order chi connectivity index (χ1) is 17.8. The third-order valence-corrected chi connectivity index (χ3v) is 6.08. The summed E-state index contributed by atoms with van der Waals surface area (Å²) >= 11 is 12.5. The van der Waals surface area contributed by atoms with Crippen molar-refractivity contribution in [3.05, 3.63) is 98.5 Å². The van der Waals surface area contributed by atoms with Crippen LogP contribution in [0, 0.1) is 10.1 Å². The van der Waals surface area contributed by atoms with Crippen LogP contribution in [0.1, 0.15) is 22.5 Å². The van der Waals surface area contributed by atoms with Crippen LogP contribution in [0.15, 0.2) is 67.1 Å². The first kappa shape index (κ1) is 25.9. The topological polar surface area (TPSA) is 141 Å². The molecule has 0 aliphatic heterocycles. The molecule has 0 aliphatic carbocycles. The number of carbonyl (C=O) groups excluding carboxylic acids is 1. The quantitative estimate of drug-likeness (QED) is 0.143. The number of nitrogens with zero attached hydrogens (tertiary/aromatic N) is 4. The van der Waals surface area contributed by atoms with E-state index in [1.807, 2.05) is 29.0 Å². The lowest BCUT2D eigenvalue weighted by molar-refractivity contribution is -0.384. The van der Waals surface area contributed by atoms with Gasteiger partial charge in [-0.15, -0.1) is 0 Å². The van der Waals surface area contributed by atoms with Gasteiger partial charge in [0.25, 0.3) is 5.91 Å². The Balaban J connectivity index is 1.48. The molecule has 1 amide bonds. The van der Waals surface area contributed by atoms with Gasteiger partial charge in [0.15, 0.2) is 0 Å². The molecule has 0 saturated heterocycles. The Hall–Kier alpha value is -4.15. The fourth-order valence-electron chi connectivity index (χ4n) is 3.72. The molecule has 12 heteroatoms. The first-order valence-electron chi connectivity index (χ1n) is 11.3. The van der Waals surface area contributed by atoms with Crippen LogP contribution in [0.3, 0.4) is 0 Å². The number of aryl methyl sites for hydroxylation is 1. The number of halogens is 2. The van der Waals surface area contributed by atoms with Crippen LogP contribution in [-0.4, -0.2) is 31.9 Å². The molecule has 3 aromatic heterocycles. The highest BCUT2D eigenvalue weighted by Gasteiger charge is 2.17. The molecule has 0 unspecified atom stereocenters. The molecule has 0 saturated carbocycles. The SMILES string of the molecule is Nc1nc(NCCCn2cc(-c3ccc(Cl)cc3Cl)cc2C(=O)NCc2cccnc2)ccc1[N+](=O)[O-]. The molecular weight excluding hydrogens is 517 g/mol. The van der Waals surface area contributed by atoms with Crippen molar-refractivity contribution in [2.45, 2.75) is 19.5 Å². The Morgan fingerprint density at radius 2 is 2.00 bits per heavy atom. The van der Waals surface area contributed by atoms with E-state index in [4.69, 9.17) is 28.9 Å². The van der Waals surface area contributed by atoms with Gasteiger partial charge in [0, 0.05) is 65.5 Å². The first-order valence-corrected chi connectivity index (χ1v) is 12.0. The van der Waals surface area contributed by atoms with Gasteiger partial charge in [0.1, 0.15) is 11.5 Å². The van der Waals surface area contributed by atoms with E-state index in [0.717, 1.165) is 16.7 Å². The van der Waals surface area contributed by atoms with Crippen LogP contribution in [0.25, 0.3) is 11.1 Å². The molecule has 4 rings (SSSR count). The lowest BCUT2D eigenvalue weighted by atomic mass is 10.1. The molecule has 0 aliphatic rings. The van der Waals surface area contributed by atoms with Gasteiger partial charge in [-0.3, -0.25) is 19.9 Å². The zero-order chi connectivity index (χ0) is 26.4. The highest BCUT2D eigenvalue weighted by molar-refractivity contribution is 6.36. The number of hydrogen-bond acceptors (Lipinski definition) is 7. The zero-order valence-electron chi connectivity index (χ0n) is 19.5. The van der Waals surface area contributed by atoms with Crippen LogP contribution >= 0.6 is 23.2 Å². The van der Waals surface area contributed by atoms with Crippen molar-refractivity contribution in [3.63, 3.8) is 0 Å². The lowest BCUT2D eigenvalue weighted by Gasteiger charge is -2.11. The second-order valence-corrected chi connectivity index (χ2v) is 8.96. The van der Waals surface area contributed by atoms with E-state index in [-0.39, 0.29) is 17.4 Å². The molecule has 4 aromatic rings. The Morgan fingerprint density at radius 3 is 2.70 bits per heavy atom. The summed E-state index contributed by atoms with van der Waals surface area (Å²) in [6.45, 7) is 1.34. The molecule has 0 bridgehead atoms. The van der Waals surface area contributed by atoms with Crippen molar-refractivity contribution < 1.29 is 9.72 Å². The van der Waals surface area contributed by atoms with E-state index in [2.05, 4.69) is 20.6 Å². The monoisotopic (exact) mass is 539 g/mol. The van der Waals surface area contributed by atoms with E-state index in [0.29, 0.717) is 47.6 Å². The van der Waals surface area contributed by atoms with Gasteiger partial charge in [0.2, 0.25) is 5.82 Å². The number of aromatic nitrogens is 3. The van der Waals surface area contributed by atoms with Gasteiger partial charge in [0.05, 0.1) is 4.92 Å². The molecule has 0 spiro atoms. The molecule has 0 fully saturated rings. The van der Waals surface area contributed by atoms with E-state index >= 15 is 0 Å². The van der Waals surface area contributed by atoms with Gasteiger partial charge >= 0.3 is 5.69 Å². The summed E-state index contributed by atoms with van der Waals surface area (Å²) in [5, 5.41) is 18.0. The van der Waals surface area contributed by atoms with Gasteiger partial charge in [-0.1, -0.05) is 35.3 Å². The molecular formula is C25H23Cl2N7O3. The van der Waals surface area contributed by atoms with Crippen molar-refractivity contribution >= 4 is 46.4 Å². The minimum atomic E-state index is -0.580. The number of nitrogens with two attached hydrogens (primary N) is 1. The van der Waals surface area contributed by atoms with Crippen molar-refractivity contribution in [3.8, 4) is 11.1 Å². The maximum atomic E-state index is 13.1. The zero-order valence-corrected chi connectivity index (χ0v) is 21.0. The molecule has 4 N–H and O–H groups in total. The van der Waals surface area contributed by atoms with Crippen molar-refractivity contribution in [1.82, 2.24) is 19.9 Å². The van der Waals surface area contributed by atoms with Crippen LogP contribution in [0.5, 0.6) is 0 Å². The molecule has 37 heavy (non-hydrogen) atoms. The minimum absolute atomic E-state index is 0.155. The summed E-state index contributed by atoms with van der Waals surface area (Å²) in [6, 6.07) is 13.5. The summed E-state index contributed by atoms with van der Waals surface area (Å²) < 4.78 is 1.86. The molecule has 0 radical (unpaired) electrons. The number of benzene rings is 1. The summed E-state index contributed by atoms with van der Waals surface area (Å²) in [5.41, 5.74) is 8.31. The standard InChI is InChI=1S/C25H23Cl2N7O3/c26-18-4-5-19(20(27)12-18)17-11-22(25(35)31-14-16-3-1-8-29-13-16)33(15-17)10-2-9-30-23-7-6-21(34(36)37)24(28)32-23/h1,3-8,11-13,15H,2,9-10,14H2,(H,31,35)(H3,28,30,32). The van der Waals surface area contributed by atoms with Gasteiger partial charge < -0.3 is 20.9 Å². The van der Waals surface area contributed by atoms with Crippen LogP contribution < -0.4 is 16.4 Å². The van der Waals surface area contributed by atoms with Crippen LogP contribution in [0.2, 0.25) is 10.0 Å². The lowest BCUT2D eigenvalue weighted by Crippen LogP contribution is -2.25. The maximum Gasteiger partial charge on any atom is 0.311 e. The van der Waals surface area contributed by atoms with Crippen LogP contribution in [0.4, 0.5) is 17.3 Å². The molecule has 0 atom stereocenters. The molecule has 3 heterocycles. The number of nitrogens with one attached hydrogen (secondary N) is 2. The summed E-state index contributed by atoms with van der Waals surface area (Å²) in [6.07, 6.45) is 5.87. The summed E-state index contributed by atoms with van der Waals surface area (Å²) in [4.78, 5) is 31.5. The number of amides is 1. The number of carbonyl (C=O) groups is 1. The second-order valence-electron chi connectivity index (χ2n) is 8.11. The Labute approximate surface area is 222 Å². The number of nitro groups is 1. The average molecular weight is 540 g/mol. The fraction of sp³-hybridized carbons (Fsp3) is 0.160. The van der Waals surface area contributed by atoms with Gasteiger partial charge in [-0.2, -0.15) is 0 Å². The Bertz CT molecular complexity index is 1430. The third-order valence-electron chi connectivity index (χ3n) is 5.53. The normalized spacial score (nSPS) is 10.8. The highest BCUT2D eigenvalue weighted by Crippen LogP contribution is 2.32. The smallest absolute Gasteiger partial charge is 0.311 e. The van der Waals surface area contributed by atoms with Crippen molar-refractivity contribution in [2.24, 2.45) is 0 Å². The predicted molar refractivity (Wildman–Crippen MR) is 144 cm³/mol. The predicted octanol–water partition coefficient (Wildman–Crippen LogP) is 5.17. The molecule has 190 valence electrons. The number of rotatable bonds is 10. The van der Waals surface area contributed by atoms with E-state index in [1.165, 1.54) is 12.1 Å². The summed E-state index contributed by atoms with van der Waals surface area (Å²) in [7, 11) is 0. The minimum Gasteiger partial charge on any atom is -0.378 e. The third kappa shape index (κ3) is 6.54. The Morgan fingerprint density at radius 1 is 1.16 bits per heavy atom. The molecule has 1 aromatic carbocycles. The van der Waals surface area contributed by atoms with Crippen molar-refractivity contribution in [2.75, 3.05) is 17.6 Å². The van der Waals surface area contributed by atoms with Gasteiger partial charge in [-0.25, -0.2) is 4.98 Å². The van der Waals surface area contributed by atoms with E-state index in [9.17, 15) is 14.9 Å². The molecule has 10 nitrogen and oxygen atoms in total. The number of nitrogen functional groups attached to an aromatic ring is 1.